The minimum atomic E-state index is -0.636. The zero-order valence-corrected chi connectivity index (χ0v) is 16.9. The lowest BCUT2D eigenvalue weighted by Crippen LogP contribution is -2.28. The van der Waals surface area contributed by atoms with Gasteiger partial charge in [-0.15, -0.1) is 0 Å². The molecule has 0 aromatic heterocycles. The normalized spacial score (nSPS) is 12.8. The van der Waals surface area contributed by atoms with Gasteiger partial charge in [-0.25, -0.2) is 0 Å². The maximum absolute atomic E-state index is 10.1. The zero-order chi connectivity index (χ0) is 18.8. The predicted octanol–water partition coefficient (Wildman–Crippen LogP) is 4.75. The van der Waals surface area contributed by atoms with Gasteiger partial charge in [-0.2, -0.15) is 0 Å². The molecule has 1 unspecified atom stereocenters. The Bertz CT molecular complexity index is 689. The fourth-order valence-electron chi connectivity index (χ4n) is 2.41. The highest BCUT2D eigenvalue weighted by Gasteiger charge is 2.03. The van der Waals surface area contributed by atoms with Crippen LogP contribution in [0.5, 0.6) is 0 Å². The summed E-state index contributed by atoms with van der Waals surface area (Å²) in [5.41, 5.74) is 1.08. The molecule has 2 N–H and O–H groups in total. The molecule has 2 aromatic carbocycles. The topological polar surface area (TPSA) is 35.5 Å². The highest BCUT2D eigenvalue weighted by Crippen LogP contribution is 2.31. The number of hydrogen-bond donors (Lipinski definition) is 2. The first-order chi connectivity index (χ1) is 12.5. The van der Waals surface area contributed by atoms with Crippen molar-refractivity contribution in [3.05, 3.63) is 65.2 Å². The Kier molecular flexibility index (Phi) is 9.23. The van der Waals surface area contributed by atoms with Gasteiger partial charge in [-0.3, -0.25) is 5.32 Å². The molecular weight excluding hydrogens is 364 g/mol. The molecule has 0 radical (unpaired) electrons. The van der Waals surface area contributed by atoms with E-state index in [-0.39, 0.29) is 0 Å². The summed E-state index contributed by atoms with van der Waals surface area (Å²) >= 11 is 7.63. The summed E-state index contributed by atoms with van der Waals surface area (Å²) in [4.78, 5) is 4.45. The van der Waals surface area contributed by atoms with Gasteiger partial charge < -0.3 is 10.0 Å². The molecule has 2 rings (SSSR count). The van der Waals surface area contributed by atoms with Crippen molar-refractivity contribution in [3.8, 4) is 0 Å². The van der Waals surface area contributed by atoms with E-state index < -0.39 is 6.23 Å². The van der Waals surface area contributed by atoms with Crippen molar-refractivity contribution < 1.29 is 5.11 Å². The van der Waals surface area contributed by atoms with E-state index in [1.807, 2.05) is 42.5 Å². The second kappa shape index (κ2) is 11.4. The molecule has 0 saturated carbocycles. The van der Waals surface area contributed by atoms with E-state index in [2.05, 4.69) is 36.4 Å². The van der Waals surface area contributed by atoms with Crippen LogP contribution in [0.2, 0.25) is 5.02 Å². The average Bonchev–Trinajstić information content (AvgIpc) is 2.62. The standard InChI is InChI=1S/C21H27ClN2OS/c1-24(2)16-6-5-15-23-21(25)14-9-17-7-3-4-8-20(17)26-19-12-10-18(22)11-13-19/h3-4,7-14,21,23,25H,5-6,15-16H2,1-2H3/b14-9-. The van der Waals surface area contributed by atoms with Crippen LogP contribution in [-0.2, 0) is 0 Å². The van der Waals surface area contributed by atoms with E-state index in [4.69, 9.17) is 11.6 Å². The molecule has 0 heterocycles. The summed E-state index contributed by atoms with van der Waals surface area (Å²) in [6.07, 6.45) is 5.30. The van der Waals surface area contributed by atoms with Crippen LogP contribution >= 0.6 is 23.4 Å². The van der Waals surface area contributed by atoms with E-state index in [1.165, 1.54) is 0 Å². The van der Waals surface area contributed by atoms with E-state index in [0.717, 1.165) is 46.3 Å². The van der Waals surface area contributed by atoms with Crippen molar-refractivity contribution >= 4 is 29.4 Å². The smallest absolute Gasteiger partial charge is 0.124 e. The number of rotatable bonds is 10. The van der Waals surface area contributed by atoms with E-state index >= 15 is 0 Å². The Hall–Kier alpha value is -1.30. The predicted molar refractivity (Wildman–Crippen MR) is 113 cm³/mol. The van der Waals surface area contributed by atoms with Crippen molar-refractivity contribution in [1.82, 2.24) is 10.2 Å². The molecule has 0 aliphatic carbocycles. The summed E-state index contributed by atoms with van der Waals surface area (Å²) in [7, 11) is 4.15. The van der Waals surface area contributed by atoms with Crippen LogP contribution in [0.3, 0.4) is 0 Å². The molecular formula is C21H27ClN2OS. The van der Waals surface area contributed by atoms with Crippen LogP contribution in [0.25, 0.3) is 6.08 Å². The molecule has 1 atom stereocenters. The number of benzene rings is 2. The fourth-order valence-corrected chi connectivity index (χ4v) is 3.46. The quantitative estimate of drug-likeness (QED) is 0.453. The molecule has 0 spiro atoms. The lowest BCUT2D eigenvalue weighted by Gasteiger charge is -2.11. The molecule has 0 saturated heterocycles. The second-order valence-electron chi connectivity index (χ2n) is 6.36. The molecule has 5 heteroatoms. The largest absolute Gasteiger partial charge is 0.375 e. The van der Waals surface area contributed by atoms with Crippen molar-refractivity contribution in [2.75, 3.05) is 27.2 Å². The molecule has 0 aliphatic rings. The summed E-state index contributed by atoms with van der Waals surface area (Å²) in [6, 6.07) is 16.0. The fraction of sp³-hybridized carbons (Fsp3) is 0.333. The van der Waals surface area contributed by atoms with Crippen LogP contribution in [-0.4, -0.2) is 43.4 Å². The highest BCUT2D eigenvalue weighted by atomic mass is 35.5. The van der Waals surface area contributed by atoms with Crippen LogP contribution in [0.1, 0.15) is 18.4 Å². The van der Waals surface area contributed by atoms with Gasteiger partial charge in [0.05, 0.1) is 0 Å². The molecule has 0 aliphatic heterocycles. The SMILES string of the molecule is CN(C)CCCCNC(O)/C=C\c1ccccc1Sc1ccc(Cl)cc1. The van der Waals surface area contributed by atoms with Crippen molar-refractivity contribution in [1.29, 1.82) is 0 Å². The first kappa shape index (κ1) is 21.0. The minimum Gasteiger partial charge on any atom is -0.375 e. The highest BCUT2D eigenvalue weighted by molar-refractivity contribution is 7.99. The van der Waals surface area contributed by atoms with Crippen molar-refractivity contribution in [2.24, 2.45) is 0 Å². The van der Waals surface area contributed by atoms with Gasteiger partial charge >= 0.3 is 0 Å². The molecule has 140 valence electrons. The van der Waals surface area contributed by atoms with E-state index in [0.29, 0.717) is 0 Å². The molecule has 0 bridgehead atoms. The summed E-state index contributed by atoms with van der Waals surface area (Å²) in [6.45, 7) is 1.88. The number of aliphatic hydroxyl groups is 1. The number of aliphatic hydroxyl groups excluding tert-OH is 1. The number of halogens is 1. The van der Waals surface area contributed by atoms with Crippen LogP contribution < -0.4 is 5.32 Å². The Balaban J connectivity index is 1.88. The third-order valence-corrected chi connectivity index (χ3v) is 5.16. The summed E-state index contributed by atoms with van der Waals surface area (Å²) in [5.74, 6) is 0. The Morgan fingerprint density at radius 1 is 1.12 bits per heavy atom. The second-order valence-corrected chi connectivity index (χ2v) is 7.91. The Morgan fingerprint density at radius 2 is 1.85 bits per heavy atom. The Labute approximate surface area is 166 Å². The minimum absolute atomic E-state index is 0.636. The molecule has 0 amide bonds. The van der Waals surface area contributed by atoms with E-state index in [1.54, 1.807) is 17.8 Å². The van der Waals surface area contributed by atoms with Gasteiger partial charge in [0, 0.05) is 14.8 Å². The molecule has 3 nitrogen and oxygen atoms in total. The number of unbranched alkanes of at least 4 members (excludes halogenated alkanes) is 1. The van der Waals surface area contributed by atoms with Crippen LogP contribution in [0, 0.1) is 0 Å². The first-order valence-corrected chi connectivity index (χ1v) is 10.0. The molecule has 26 heavy (non-hydrogen) atoms. The maximum Gasteiger partial charge on any atom is 0.124 e. The summed E-state index contributed by atoms with van der Waals surface area (Å²) in [5, 5.41) is 14.0. The Morgan fingerprint density at radius 3 is 2.58 bits per heavy atom. The monoisotopic (exact) mass is 390 g/mol. The van der Waals surface area contributed by atoms with Crippen LogP contribution in [0.4, 0.5) is 0 Å². The van der Waals surface area contributed by atoms with Gasteiger partial charge in [0.15, 0.2) is 0 Å². The third kappa shape index (κ3) is 7.94. The number of nitrogens with one attached hydrogen (secondary N) is 1. The lowest BCUT2D eigenvalue weighted by molar-refractivity contribution is 0.184. The van der Waals surface area contributed by atoms with Crippen LogP contribution in [0.15, 0.2) is 64.4 Å². The molecule has 2 aromatic rings. The number of hydrogen-bond acceptors (Lipinski definition) is 4. The number of nitrogens with zero attached hydrogens (tertiary/aromatic N) is 1. The maximum atomic E-state index is 10.1. The lowest BCUT2D eigenvalue weighted by atomic mass is 10.2. The van der Waals surface area contributed by atoms with Gasteiger partial charge in [-0.1, -0.05) is 47.6 Å². The first-order valence-electron chi connectivity index (χ1n) is 8.81. The van der Waals surface area contributed by atoms with Gasteiger partial charge in [0.25, 0.3) is 0 Å². The van der Waals surface area contributed by atoms with Crippen molar-refractivity contribution in [2.45, 2.75) is 28.9 Å². The van der Waals surface area contributed by atoms with Gasteiger partial charge in [0.1, 0.15) is 6.23 Å². The van der Waals surface area contributed by atoms with Gasteiger partial charge in [-0.05, 0) is 82.0 Å². The molecule has 0 fully saturated rings. The van der Waals surface area contributed by atoms with Gasteiger partial charge in [0.2, 0.25) is 0 Å². The average molecular weight is 391 g/mol. The third-order valence-electron chi connectivity index (χ3n) is 3.80. The zero-order valence-electron chi connectivity index (χ0n) is 15.4. The summed E-state index contributed by atoms with van der Waals surface area (Å²) < 4.78 is 0. The van der Waals surface area contributed by atoms with Crippen molar-refractivity contribution in [3.63, 3.8) is 0 Å². The van der Waals surface area contributed by atoms with E-state index in [9.17, 15) is 5.11 Å².